The molecule has 1 heterocycles. The number of rotatable bonds is 11. The second-order valence-electron chi connectivity index (χ2n) is 10.5. The van der Waals surface area contributed by atoms with Crippen molar-refractivity contribution in [2.75, 3.05) is 25.0 Å². The first-order chi connectivity index (χ1) is 19.3. The summed E-state index contributed by atoms with van der Waals surface area (Å²) in [6, 6.07) is 6.01. The third-order valence-electron chi connectivity index (χ3n) is 7.31. The second kappa shape index (κ2) is 13.3. The lowest BCUT2D eigenvalue weighted by molar-refractivity contribution is -0.135. The fraction of sp³-hybridized carbons (Fsp3) is 0.464. The van der Waals surface area contributed by atoms with Crippen LogP contribution >= 0.6 is 0 Å². The van der Waals surface area contributed by atoms with Crippen LogP contribution in [0.5, 0.6) is 0 Å². The van der Waals surface area contributed by atoms with Gasteiger partial charge in [0.25, 0.3) is 5.91 Å². The Kier molecular flexibility index (Phi) is 10.1. The molecule has 3 unspecified atom stereocenters. The van der Waals surface area contributed by atoms with Crippen molar-refractivity contribution in [3.63, 3.8) is 0 Å². The summed E-state index contributed by atoms with van der Waals surface area (Å²) in [5.74, 6) is -3.40. The number of hydrogen-bond donors (Lipinski definition) is 3. The third-order valence-corrected chi connectivity index (χ3v) is 7.31. The summed E-state index contributed by atoms with van der Waals surface area (Å²) in [4.78, 5) is 66.7. The fourth-order valence-electron chi connectivity index (χ4n) is 4.89. The number of nitrogens with zero attached hydrogens (tertiary/aromatic N) is 4. The highest BCUT2D eigenvalue weighted by Crippen LogP contribution is 2.32. The van der Waals surface area contributed by atoms with Gasteiger partial charge in [-0.05, 0) is 36.6 Å². The number of alkyl halides is 1. The van der Waals surface area contributed by atoms with Crippen LogP contribution < -0.4 is 16.4 Å². The van der Waals surface area contributed by atoms with E-state index in [1.165, 1.54) is 4.90 Å². The van der Waals surface area contributed by atoms with Crippen molar-refractivity contribution < 1.29 is 28.4 Å². The molecule has 41 heavy (non-hydrogen) atoms. The lowest BCUT2D eigenvalue weighted by atomic mass is 9.74. The van der Waals surface area contributed by atoms with E-state index in [2.05, 4.69) is 4.99 Å². The largest absolute Gasteiger partial charge is 0.367 e. The van der Waals surface area contributed by atoms with Crippen LogP contribution in [0.4, 0.5) is 14.9 Å². The van der Waals surface area contributed by atoms with Crippen LogP contribution in [0.3, 0.4) is 0 Å². The van der Waals surface area contributed by atoms with Crippen LogP contribution in [0.1, 0.15) is 33.1 Å². The zero-order valence-electron chi connectivity index (χ0n) is 23.4. The number of anilines is 1. The topological polar surface area (TPSA) is 185 Å². The highest BCUT2D eigenvalue weighted by Gasteiger charge is 2.40. The van der Waals surface area contributed by atoms with E-state index in [0.29, 0.717) is 18.8 Å². The van der Waals surface area contributed by atoms with E-state index < -0.39 is 29.8 Å². The molecule has 5 N–H and O–H groups in total. The van der Waals surface area contributed by atoms with Crippen molar-refractivity contribution in [1.29, 1.82) is 5.41 Å². The Balaban J connectivity index is 1.68. The van der Waals surface area contributed by atoms with Crippen molar-refractivity contribution in [1.82, 2.24) is 9.47 Å². The zero-order chi connectivity index (χ0) is 30.4. The maximum Gasteiger partial charge on any atom is 0.324 e. The van der Waals surface area contributed by atoms with Crippen LogP contribution in [0.25, 0.3) is 10.9 Å². The molecule has 0 saturated heterocycles. The number of amidine groups is 1. The van der Waals surface area contributed by atoms with Gasteiger partial charge in [-0.2, -0.15) is 0 Å². The van der Waals surface area contributed by atoms with Crippen molar-refractivity contribution in [2.45, 2.75) is 45.8 Å². The molecular weight excluding hydrogens is 533 g/mol. The summed E-state index contributed by atoms with van der Waals surface area (Å²) in [6.07, 6.45) is 0.571. The number of halogens is 1. The van der Waals surface area contributed by atoms with E-state index >= 15 is 0 Å². The molecule has 1 aromatic carbocycles. The summed E-state index contributed by atoms with van der Waals surface area (Å²) < 4.78 is 15.1. The maximum absolute atomic E-state index is 13.1. The Bertz CT molecular complexity index is 1390. The molecule has 3 atom stereocenters. The predicted octanol–water partition coefficient (Wildman–Crippen LogP) is 2.07. The molecule has 4 amide bonds. The molecule has 0 spiro atoms. The van der Waals surface area contributed by atoms with E-state index in [0.717, 1.165) is 22.0 Å². The number of amides is 4. The molecule has 1 aromatic heterocycles. The molecule has 1 aliphatic rings. The van der Waals surface area contributed by atoms with Crippen molar-refractivity contribution in [3.8, 4) is 0 Å². The van der Waals surface area contributed by atoms with Crippen molar-refractivity contribution >= 4 is 58.1 Å². The highest BCUT2D eigenvalue weighted by atomic mass is 19.1. The lowest BCUT2D eigenvalue weighted by Gasteiger charge is -2.33. The van der Waals surface area contributed by atoms with Gasteiger partial charge in [0.05, 0.1) is 18.0 Å². The number of carbonyl (C=O) groups excluding carboxylic acids is 5. The number of carbonyl (C=O) groups is 5. The number of nitrogens with two attached hydrogens (primary N) is 2. The number of ketones is 2. The molecule has 1 aliphatic carbocycles. The van der Waals surface area contributed by atoms with E-state index in [9.17, 15) is 28.4 Å². The minimum Gasteiger partial charge on any atom is -0.367 e. The van der Waals surface area contributed by atoms with Crippen LogP contribution in [-0.2, 0) is 25.7 Å². The van der Waals surface area contributed by atoms with Gasteiger partial charge in [0.15, 0.2) is 5.78 Å². The van der Waals surface area contributed by atoms with Crippen LogP contribution in [0.2, 0.25) is 0 Å². The molecule has 0 radical (unpaired) electrons. The number of hydrogen-bond acceptors (Lipinski definition) is 7. The minimum absolute atomic E-state index is 0.00397. The molecule has 13 heteroatoms. The molecule has 1 saturated carbocycles. The average Bonchev–Trinajstić information content (AvgIpc) is 3.31. The Hall–Kier alpha value is -4.42. The number of Topliss-reactive ketones (excluding diaryl/α,β-unsaturated/α-hetero) is 2. The van der Waals surface area contributed by atoms with Crippen LogP contribution in [-0.4, -0.2) is 77.2 Å². The minimum atomic E-state index is -1.98. The second-order valence-corrected chi connectivity index (χ2v) is 10.5. The summed E-state index contributed by atoms with van der Waals surface area (Å²) >= 11 is 0. The zero-order valence-corrected chi connectivity index (χ0v) is 23.4. The molecular formula is C28H36FN7O5. The molecule has 220 valence electrons. The molecule has 3 rings (SSSR count). The van der Waals surface area contributed by atoms with Gasteiger partial charge in [-0.25, -0.2) is 9.18 Å². The van der Waals surface area contributed by atoms with Crippen molar-refractivity contribution in [3.05, 3.63) is 30.5 Å². The van der Waals surface area contributed by atoms with Gasteiger partial charge in [0.2, 0.25) is 12.1 Å². The summed E-state index contributed by atoms with van der Waals surface area (Å²) in [5, 5.41) is 9.46. The summed E-state index contributed by atoms with van der Waals surface area (Å²) in [5.41, 5.74) is 11.6. The maximum atomic E-state index is 13.1. The van der Waals surface area contributed by atoms with Gasteiger partial charge in [-0.15, -0.1) is 0 Å². The molecule has 1 fully saturated rings. The smallest absolute Gasteiger partial charge is 0.324 e. The van der Waals surface area contributed by atoms with Gasteiger partial charge >= 0.3 is 6.03 Å². The number of nitrogens with one attached hydrogen (secondary N) is 1. The Labute approximate surface area is 237 Å². The van der Waals surface area contributed by atoms with Gasteiger partial charge in [-0.1, -0.05) is 13.8 Å². The first-order valence-corrected chi connectivity index (χ1v) is 13.3. The first kappa shape index (κ1) is 31.1. The summed E-state index contributed by atoms with van der Waals surface area (Å²) in [6.45, 7) is 4.64. The predicted molar refractivity (Wildman–Crippen MR) is 152 cm³/mol. The van der Waals surface area contributed by atoms with Gasteiger partial charge in [0, 0.05) is 62.3 Å². The number of urea groups is 1. The third kappa shape index (κ3) is 7.41. The number of primary amides is 2. The van der Waals surface area contributed by atoms with E-state index in [4.69, 9.17) is 16.9 Å². The Morgan fingerprint density at radius 1 is 1.20 bits per heavy atom. The lowest BCUT2D eigenvalue weighted by Crippen LogP contribution is -2.49. The van der Waals surface area contributed by atoms with E-state index in [1.54, 1.807) is 25.2 Å². The standard InChI is InChI=1S/C28H36FN7O5/c1-16(2)19-13-20(24(38)14-23(19)37)26(30)36(28(32)41)18-4-5-22-17(12-18)7-9-35(22)11-10-34(3)25(39)6-8-33-15-21(29)27(31)40/h4-5,7,9,12,15-16,19-21,30H,6,8,10-11,13-14H2,1-3H3,(H2,31,40)(H2,32,41). The fourth-order valence-corrected chi connectivity index (χ4v) is 4.89. The van der Waals surface area contributed by atoms with Crippen LogP contribution in [0.15, 0.2) is 35.5 Å². The van der Waals surface area contributed by atoms with Gasteiger partial charge in [-0.3, -0.25) is 34.5 Å². The Morgan fingerprint density at radius 2 is 1.90 bits per heavy atom. The molecule has 2 aromatic rings. The number of benzene rings is 1. The van der Waals surface area contributed by atoms with E-state index in [-0.39, 0.29) is 55.2 Å². The van der Waals surface area contributed by atoms with Gasteiger partial charge < -0.3 is 20.9 Å². The quantitative estimate of drug-likeness (QED) is 0.212. The van der Waals surface area contributed by atoms with Crippen LogP contribution in [0, 0.1) is 23.2 Å². The number of likely N-dealkylation sites (N-methyl/N-ethyl adjacent to an activating group) is 1. The summed E-state index contributed by atoms with van der Waals surface area (Å²) in [7, 11) is 1.64. The first-order valence-electron chi connectivity index (χ1n) is 13.3. The molecule has 12 nitrogen and oxygen atoms in total. The molecule has 0 bridgehead atoms. The van der Waals surface area contributed by atoms with E-state index in [1.807, 2.05) is 30.7 Å². The number of aliphatic imine (C=N–C) groups is 1. The van der Waals surface area contributed by atoms with Crippen molar-refractivity contribution in [2.24, 2.45) is 34.2 Å². The molecule has 0 aliphatic heterocycles. The van der Waals surface area contributed by atoms with Gasteiger partial charge in [0.1, 0.15) is 11.6 Å². The highest BCUT2D eigenvalue weighted by molar-refractivity contribution is 6.23. The normalized spacial score (nSPS) is 18.2. The number of fused-ring (bicyclic) bond motifs is 1. The Morgan fingerprint density at radius 3 is 2.54 bits per heavy atom. The average molecular weight is 570 g/mol. The monoisotopic (exact) mass is 569 g/mol. The number of aromatic nitrogens is 1. The SMILES string of the molecule is CC(C)C1CC(C(=N)N(C(N)=O)c2ccc3c(ccn3CCN(C)C(=O)CCN=CC(F)C(N)=O)c2)C(=O)CC1=O.